The molecular formula is C16H25ClN2O3. The lowest BCUT2D eigenvalue weighted by Gasteiger charge is -2.21. The number of hydrogen-bond donors (Lipinski definition) is 2. The molecule has 0 aromatic heterocycles. The Bertz CT molecular complexity index is 502. The second-order valence-electron chi connectivity index (χ2n) is 5.68. The first-order valence-electron chi connectivity index (χ1n) is 7.29. The average molecular weight is 329 g/mol. The van der Waals surface area contributed by atoms with Gasteiger partial charge >= 0.3 is 0 Å². The number of carbonyl (C=O) groups excluding carboxylic acids is 1. The van der Waals surface area contributed by atoms with Gasteiger partial charge in [0.15, 0.2) is 11.5 Å². The van der Waals surface area contributed by atoms with Crippen LogP contribution in [0.3, 0.4) is 0 Å². The van der Waals surface area contributed by atoms with Crippen molar-refractivity contribution in [2.24, 2.45) is 5.41 Å². The van der Waals surface area contributed by atoms with E-state index in [1.807, 2.05) is 25.1 Å². The molecule has 0 spiro atoms. The monoisotopic (exact) mass is 328 g/mol. The highest BCUT2D eigenvalue weighted by Crippen LogP contribution is 2.28. The van der Waals surface area contributed by atoms with E-state index < -0.39 is 0 Å². The number of carbonyl (C=O) groups is 1. The van der Waals surface area contributed by atoms with E-state index in [2.05, 4.69) is 10.6 Å². The zero-order valence-electron chi connectivity index (χ0n) is 13.4. The summed E-state index contributed by atoms with van der Waals surface area (Å²) in [4.78, 5) is 12.2. The zero-order valence-corrected chi connectivity index (χ0v) is 14.2. The standard InChI is InChI=1S/C16H24N2O3.ClH/c1-16(7-9-17-11-16)15(19)18-8-6-12-4-5-13(20-2)14(10-12)21-3;/h4-5,10,17H,6-9,11H2,1-3H3,(H,18,19);1H. The molecule has 1 heterocycles. The number of amides is 1. The minimum absolute atomic E-state index is 0. The number of halogens is 1. The lowest BCUT2D eigenvalue weighted by Crippen LogP contribution is -2.41. The summed E-state index contributed by atoms with van der Waals surface area (Å²) in [5.41, 5.74) is 0.847. The molecular weight excluding hydrogens is 304 g/mol. The normalized spacial score (nSPS) is 20.1. The topological polar surface area (TPSA) is 59.6 Å². The third-order valence-corrected chi connectivity index (χ3v) is 4.06. The quantitative estimate of drug-likeness (QED) is 0.836. The van der Waals surface area contributed by atoms with Crippen molar-refractivity contribution in [2.75, 3.05) is 33.9 Å². The molecule has 0 radical (unpaired) electrons. The summed E-state index contributed by atoms with van der Waals surface area (Å²) in [6.45, 7) is 4.32. The number of nitrogens with one attached hydrogen (secondary N) is 2. The maximum absolute atomic E-state index is 12.2. The molecule has 2 N–H and O–H groups in total. The Morgan fingerprint density at radius 2 is 2.05 bits per heavy atom. The van der Waals surface area contributed by atoms with Gasteiger partial charge in [0.25, 0.3) is 0 Å². The number of rotatable bonds is 6. The van der Waals surface area contributed by atoms with Gasteiger partial charge in [0.2, 0.25) is 5.91 Å². The highest BCUT2D eigenvalue weighted by Gasteiger charge is 2.35. The van der Waals surface area contributed by atoms with Crippen LogP contribution in [0, 0.1) is 5.41 Å². The number of benzene rings is 1. The minimum Gasteiger partial charge on any atom is -0.493 e. The molecule has 1 amide bonds. The number of hydrogen-bond acceptors (Lipinski definition) is 4. The van der Waals surface area contributed by atoms with Crippen molar-refractivity contribution in [1.82, 2.24) is 10.6 Å². The van der Waals surface area contributed by atoms with Crippen LogP contribution in [0.1, 0.15) is 18.9 Å². The molecule has 1 aromatic rings. The fourth-order valence-electron chi connectivity index (χ4n) is 2.58. The van der Waals surface area contributed by atoms with Gasteiger partial charge in [-0.1, -0.05) is 6.07 Å². The summed E-state index contributed by atoms with van der Waals surface area (Å²) < 4.78 is 10.5. The lowest BCUT2D eigenvalue weighted by atomic mass is 9.89. The molecule has 1 unspecified atom stereocenters. The van der Waals surface area contributed by atoms with Gasteiger partial charge in [-0.25, -0.2) is 0 Å². The fourth-order valence-corrected chi connectivity index (χ4v) is 2.58. The van der Waals surface area contributed by atoms with Crippen LogP contribution in [0.4, 0.5) is 0 Å². The third kappa shape index (κ3) is 4.27. The van der Waals surface area contributed by atoms with E-state index in [9.17, 15) is 4.79 Å². The van der Waals surface area contributed by atoms with E-state index in [1.165, 1.54) is 0 Å². The van der Waals surface area contributed by atoms with Crippen LogP contribution in [0.2, 0.25) is 0 Å². The van der Waals surface area contributed by atoms with E-state index in [0.29, 0.717) is 12.3 Å². The van der Waals surface area contributed by atoms with Crippen LogP contribution in [0.5, 0.6) is 11.5 Å². The molecule has 1 atom stereocenters. The van der Waals surface area contributed by atoms with Crippen LogP contribution >= 0.6 is 12.4 Å². The van der Waals surface area contributed by atoms with Crippen molar-refractivity contribution in [1.29, 1.82) is 0 Å². The highest BCUT2D eigenvalue weighted by molar-refractivity contribution is 5.85. The Balaban J connectivity index is 0.00000242. The summed E-state index contributed by atoms with van der Waals surface area (Å²) in [5.74, 6) is 1.57. The summed E-state index contributed by atoms with van der Waals surface area (Å²) >= 11 is 0. The summed E-state index contributed by atoms with van der Waals surface area (Å²) in [5, 5.41) is 6.27. The fraction of sp³-hybridized carbons (Fsp3) is 0.562. The Morgan fingerprint density at radius 1 is 1.32 bits per heavy atom. The van der Waals surface area contributed by atoms with E-state index in [0.717, 1.165) is 37.2 Å². The second-order valence-corrected chi connectivity index (χ2v) is 5.68. The van der Waals surface area contributed by atoms with E-state index in [1.54, 1.807) is 14.2 Å². The first-order valence-corrected chi connectivity index (χ1v) is 7.29. The van der Waals surface area contributed by atoms with Gasteiger partial charge in [-0.2, -0.15) is 0 Å². The zero-order chi connectivity index (χ0) is 15.3. The SMILES string of the molecule is COc1ccc(CCNC(=O)C2(C)CCNC2)cc1OC.Cl. The van der Waals surface area contributed by atoms with Crippen LogP contribution < -0.4 is 20.1 Å². The van der Waals surface area contributed by atoms with Crippen LogP contribution in [0.15, 0.2) is 18.2 Å². The van der Waals surface area contributed by atoms with Gasteiger partial charge in [-0.05, 0) is 44.0 Å². The smallest absolute Gasteiger partial charge is 0.227 e. The average Bonchev–Trinajstić information content (AvgIpc) is 2.95. The van der Waals surface area contributed by atoms with Crippen molar-refractivity contribution in [3.05, 3.63) is 23.8 Å². The Kier molecular flexibility index (Phi) is 6.97. The number of methoxy groups -OCH3 is 2. The lowest BCUT2D eigenvalue weighted by molar-refractivity contribution is -0.129. The molecule has 1 aliphatic heterocycles. The van der Waals surface area contributed by atoms with Gasteiger partial charge in [-0.15, -0.1) is 12.4 Å². The highest BCUT2D eigenvalue weighted by atomic mass is 35.5. The van der Waals surface area contributed by atoms with Gasteiger partial charge in [0, 0.05) is 13.1 Å². The maximum Gasteiger partial charge on any atom is 0.227 e. The first-order chi connectivity index (χ1) is 10.1. The predicted octanol–water partition coefficient (Wildman–Crippen LogP) is 1.78. The molecule has 5 nitrogen and oxygen atoms in total. The first kappa shape index (κ1) is 18.6. The molecule has 6 heteroatoms. The molecule has 124 valence electrons. The molecule has 1 aliphatic rings. The van der Waals surface area contributed by atoms with Gasteiger partial charge < -0.3 is 20.1 Å². The minimum atomic E-state index is -0.266. The van der Waals surface area contributed by atoms with Gasteiger partial charge in [0.05, 0.1) is 19.6 Å². The molecule has 0 aliphatic carbocycles. The molecule has 2 rings (SSSR count). The van der Waals surface area contributed by atoms with Crippen molar-refractivity contribution in [3.8, 4) is 11.5 Å². The van der Waals surface area contributed by atoms with Crippen LogP contribution in [0.25, 0.3) is 0 Å². The molecule has 1 fully saturated rings. The summed E-state index contributed by atoms with van der Waals surface area (Å²) in [7, 11) is 3.24. The Hall–Kier alpha value is -1.46. The molecule has 0 saturated carbocycles. The summed E-state index contributed by atoms with van der Waals surface area (Å²) in [6.07, 6.45) is 1.67. The summed E-state index contributed by atoms with van der Waals surface area (Å²) in [6, 6.07) is 5.83. The van der Waals surface area contributed by atoms with Crippen molar-refractivity contribution < 1.29 is 14.3 Å². The molecule has 22 heavy (non-hydrogen) atoms. The van der Waals surface area contributed by atoms with E-state index in [-0.39, 0.29) is 23.7 Å². The predicted molar refractivity (Wildman–Crippen MR) is 89.1 cm³/mol. The third-order valence-electron chi connectivity index (χ3n) is 4.06. The Labute approximate surface area is 138 Å². The molecule has 1 aromatic carbocycles. The van der Waals surface area contributed by atoms with Crippen molar-refractivity contribution in [2.45, 2.75) is 19.8 Å². The van der Waals surface area contributed by atoms with E-state index in [4.69, 9.17) is 9.47 Å². The van der Waals surface area contributed by atoms with Crippen molar-refractivity contribution >= 4 is 18.3 Å². The Morgan fingerprint density at radius 3 is 2.64 bits per heavy atom. The van der Waals surface area contributed by atoms with Gasteiger partial charge in [0.1, 0.15) is 0 Å². The van der Waals surface area contributed by atoms with Gasteiger partial charge in [-0.3, -0.25) is 4.79 Å². The maximum atomic E-state index is 12.2. The molecule has 1 saturated heterocycles. The number of ether oxygens (including phenoxy) is 2. The van der Waals surface area contributed by atoms with Crippen LogP contribution in [-0.2, 0) is 11.2 Å². The molecule has 0 bridgehead atoms. The van der Waals surface area contributed by atoms with Crippen LogP contribution in [-0.4, -0.2) is 39.8 Å². The largest absolute Gasteiger partial charge is 0.493 e. The second kappa shape index (κ2) is 8.25. The van der Waals surface area contributed by atoms with E-state index >= 15 is 0 Å². The van der Waals surface area contributed by atoms with Crippen molar-refractivity contribution in [3.63, 3.8) is 0 Å².